The van der Waals surface area contributed by atoms with Crippen molar-refractivity contribution in [2.24, 2.45) is 54.7 Å². The first-order chi connectivity index (χ1) is 69.2. The third-order valence-corrected chi connectivity index (χ3v) is 34.3. The van der Waals surface area contributed by atoms with Crippen molar-refractivity contribution in [1.82, 2.24) is 92.0 Å². The van der Waals surface area contributed by atoms with Gasteiger partial charge in [-0.25, -0.2) is 0 Å². The van der Waals surface area contributed by atoms with Crippen LogP contribution in [0.3, 0.4) is 0 Å². The molecular formula is C113H176N18O16. The standard InChI is InChI=1S/C15H26N2O.C14H24N2O.3C13H20N2O2.2C12H18N2O2.C11H16N2O2.C10H14N2O2/c1-3-4-5-6-10-17-11-9-15(12-17)8-7-13(2)16-14(15)18;1-5-13(3,4)16-9-8-14(10-16)7-6-11(2)15-12(14)17;1-9(2)7-15-8-13(6-11(15)16)5-4-10(3)14-12(13)17;1-4-10(3)15-8-13(7-11(15)16)6-5-9(2)14-12(13)17;1-3-4-7-15-9-13(8-11(15)16)6-5-10(2)14-12(13)17;1-8(2)14-7-12(6-10(14)15)5-4-9(3)13-11(12)16;1-3-6-14-8-12(7-10(14)15)5-4-9(2)13-11(12)16;1-3-13-7-11(6-9(13)14)5-4-8(2)12-10(11)15;1-7-3-4-10(9(14)11-7)5-8(13)12(2)6-10/h2-12H2,1H3,(H,16,18);2,5-10H2,1,3-4H3,(H,15,17);9H,3-8H2,1-2H3,(H,14,17);10H,2,4-8H2,1,3H3,(H,14,17);2-9H2,1H3,(H,14,17);8H,3-7H2,1-2H3,(H,13,16);2-8H2,1H3,(H,13,16);2-7H2,1H3,(H,12,15);1,3-6H2,2H3,(H,11,14). The van der Waals surface area contributed by atoms with Crippen LogP contribution in [0.1, 0.15) is 321 Å². The number of carbonyl (C=O) groups excluding carboxylic acids is 16. The molecule has 0 aromatic heterocycles. The van der Waals surface area contributed by atoms with E-state index in [0.717, 1.165) is 264 Å². The Labute approximate surface area is 874 Å². The average Bonchev–Trinajstić information content (AvgIpc) is 1.66. The number of allylic oxidation sites excluding steroid dienone is 9. The molecule has 18 aliphatic heterocycles. The van der Waals surface area contributed by atoms with E-state index in [1.807, 2.05) is 54.2 Å². The number of likely N-dealkylation sites (tertiary alicyclic amines) is 9. The number of carbonyl (C=O) groups is 16. The fraction of sp³-hybridized carbons (Fsp3) is 0.699. The number of rotatable bonds is 18. The molecule has 18 rings (SSSR count). The first kappa shape index (κ1) is 118. The lowest BCUT2D eigenvalue weighted by atomic mass is 9.78. The highest BCUT2D eigenvalue weighted by molar-refractivity contribution is 5.99. The summed E-state index contributed by atoms with van der Waals surface area (Å²) in [5.74, 6) is 1.42. The molecule has 0 bridgehead atoms. The van der Waals surface area contributed by atoms with Gasteiger partial charge in [0.1, 0.15) is 0 Å². The maximum Gasteiger partial charge on any atom is 0.232 e. The third-order valence-electron chi connectivity index (χ3n) is 34.3. The van der Waals surface area contributed by atoms with Crippen LogP contribution in [-0.2, 0) is 76.7 Å². The van der Waals surface area contributed by atoms with Crippen LogP contribution in [0.25, 0.3) is 0 Å². The highest BCUT2D eigenvalue weighted by Gasteiger charge is 2.59. The lowest BCUT2D eigenvalue weighted by Gasteiger charge is -2.38. The minimum Gasteiger partial charge on any atom is -0.345 e. The summed E-state index contributed by atoms with van der Waals surface area (Å²) in [6.07, 6.45) is 29.4. The van der Waals surface area contributed by atoms with Gasteiger partial charge < -0.3 is 87.1 Å². The zero-order valence-corrected chi connectivity index (χ0v) is 91.4. The smallest absolute Gasteiger partial charge is 0.232 e. The molecule has 0 aliphatic carbocycles. The second-order valence-electron chi connectivity index (χ2n) is 46.9. The van der Waals surface area contributed by atoms with Crippen molar-refractivity contribution in [2.45, 2.75) is 339 Å². The Hall–Kier alpha value is -10.9. The molecule has 0 aromatic rings. The average molecular weight is 2040 g/mol. The lowest BCUT2D eigenvalue weighted by molar-refractivity contribution is -0.133. The van der Waals surface area contributed by atoms with Crippen LogP contribution in [-0.4, -0.2) is 268 Å². The maximum absolute atomic E-state index is 12.2. The molecule has 0 radical (unpaired) electrons. The highest BCUT2D eigenvalue weighted by Crippen LogP contribution is 2.49. The van der Waals surface area contributed by atoms with Crippen molar-refractivity contribution >= 4 is 94.5 Å². The Morgan fingerprint density at radius 2 is 0.592 bits per heavy atom. The van der Waals surface area contributed by atoms with E-state index in [1.165, 1.54) is 25.7 Å². The van der Waals surface area contributed by atoms with Gasteiger partial charge in [0.15, 0.2) is 0 Å². The van der Waals surface area contributed by atoms with Crippen LogP contribution in [0.15, 0.2) is 110 Å². The van der Waals surface area contributed by atoms with Gasteiger partial charge in [0.25, 0.3) is 0 Å². The molecule has 18 heterocycles. The van der Waals surface area contributed by atoms with Crippen molar-refractivity contribution in [1.29, 1.82) is 0 Å². The van der Waals surface area contributed by atoms with Crippen LogP contribution < -0.4 is 47.9 Å². The minimum absolute atomic E-state index is 0.0129. The van der Waals surface area contributed by atoms with Gasteiger partial charge in [-0.2, -0.15) is 0 Å². The van der Waals surface area contributed by atoms with Crippen molar-refractivity contribution in [2.75, 3.05) is 112 Å². The molecule has 18 fully saturated rings. The fourth-order valence-corrected chi connectivity index (χ4v) is 23.7. The van der Waals surface area contributed by atoms with E-state index >= 15 is 0 Å². The predicted molar refractivity (Wildman–Crippen MR) is 567 cm³/mol. The molecule has 9 N–H and O–H groups in total. The number of piperidine rings is 9. The molecule has 10 atom stereocenters. The van der Waals surface area contributed by atoms with Crippen LogP contribution in [0, 0.1) is 54.7 Å². The zero-order valence-electron chi connectivity index (χ0n) is 91.4. The van der Waals surface area contributed by atoms with Crippen molar-refractivity contribution in [3.05, 3.63) is 110 Å². The molecule has 10 unspecified atom stereocenters. The first-order valence-corrected chi connectivity index (χ1v) is 54.5. The van der Waals surface area contributed by atoms with Gasteiger partial charge in [-0.1, -0.05) is 133 Å². The summed E-state index contributed by atoms with van der Waals surface area (Å²) < 4.78 is 0. The van der Waals surface area contributed by atoms with E-state index in [-0.39, 0.29) is 123 Å². The third kappa shape index (κ3) is 28.2. The second kappa shape index (κ2) is 49.7. The lowest BCUT2D eigenvalue weighted by Crippen LogP contribution is -2.49. The van der Waals surface area contributed by atoms with Gasteiger partial charge >= 0.3 is 0 Å². The van der Waals surface area contributed by atoms with Crippen LogP contribution >= 0.6 is 0 Å². The van der Waals surface area contributed by atoms with E-state index in [1.54, 1.807) is 21.7 Å². The van der Waals surface area contributed by atoms with E-state index in [9.17, 15) is 76.7 Å². The van der Waals surface area contributed by atoms with Crippen LogP contribution in [0.4, 0.5) is 0 Å². The topological polar surface area (TPSA) is 411 Å². The number of unbranched alkanes of at least 4 members (excludes halogenated alkanes) is 4. The summed E-state index contributed by atoms with van der Waals surface area (Å²) in [5.41, 5.74) is 3.74. The summed E-state index contributed by atoms with van der Waals surface area (Å²) in [5, 5.41) is 25.3. The van der Waals surface area contributed by atoms with Crippen LogP contribution in [0.5, 0.6) is 0 Å². The quantitative estimate of drug-likeness (QED) is 0.0576. The monoisotopic (exact) mass is 2040 g/mol. The fourth-order valence-electron chi connectivity index (χ4n) is 23.7. The van der Waals surface area contributed by atoms with Crippen LogP contribution in [0.2, 0.25) is 0 Å². The number of nitrogens with one attached hydrogen (secondary N) is 9. The minimum atomic E-state index is -0.498. The molecule has 34 heteroatoms. The molecule has 34 nitrogen and oxygen atoms in total. The molecule has 147 heavy (non-hydrogen) atoms. The molecule has 9 spiro atoms. The van der Waals surface area contributed by atoms with Gasteiger partial charge in [0.2, 0.25) is 94.5 Å². The molecule has 18 saturated heterocycles. The first-order valence-electron chi connectivity index (χ1n) is 54.5. The SMILES string of the molecule is C=C1CCC2(CC(=O)N(C(C)C)C2)C(=O)N1.C=C1CCC2(CC(=O)N(C(C)CC)C2)C(=O)N1.C=C1CCC2(CC(=O)N(C)C2)C(=O)N1.C=C1CCC2(CC(=O)N(CC(C)C)C2)C(=O)N1.C=C1CCC2(CC(=O)N(CC)C2)C(=O)N1.C=C1CCC2(CC(=O)N(CCC)C2)C(=O)N1.C=C1CCC2(CC(=O)N(CCCC)C2)C(=O)N1.C=C1CCC2(CCN(C(C)(C)CC)C2)C(=O)N1.C=C1CCC2(CCN(CCCCCC)C2)C(=O)N1. The Bertz CT molecular complexity index is 5110. The summed E-state index contributed by atoms with van der Waals surface area (Å²) >= 11 is 0. The number of nitrogens with zero attached hydrogens (tertiary/aromatic N) is 9. The summed E-state index contributed by atoms with van der Waals surface area (Å²) in [6, 6.07) is 0.393. The number of hydrogen-bond acceptors (Lipinski definition) is 18. The summed E-state index contributed by atoms with van der Waals surface area (Å²) in [4.78, 5) is 208. The highest BCUT2D eigenvalue weighted by atomic mass is 16.2. The molecule has 18 aliphatic rings. The van der Waals surface area contributed by atoms with E-state index in [0.29, 0.717) is 103 Å². The van der Waals surface area contributed by atoms with E-state index < -0.39 is 37.9 Å². The van der Waals surface area contributed by atoms with Gasteiger partial charge in [-0.05, 0) is 228 Å². The Balaban J connectivity index is 0.000000169. The summed E-state index contributed by atoms with van der Waals surface area (Å²) in [6.45, 7) is 73.5. The summed E-state index contributed by atoms with van der Waals surface area (Å²) in [7, 11) is 1.74. The largest absolute Gasteiger partial charge is 0.345 e. The molecule has 0 saturated carbocycles. The van der Waals surface area contributed by atoms with Gasteiger partial charge in [-0.3, -0.25) is 81.6 Å². The Morgan fingerprint density at radius 3 is 0.905 bits per heavy atom. The van der Waals surface area contributed by atoms with E-state index in [2.05, 4.69) is 172 Å². The van der Waals surface area contributed by atoms with E-state index in [4.69, 9.17) is 0 Å². The second-order valence-corrected chi connectivity index (χ2v) is 46.9. The normalized spacial score (nSPS) is 30.3. The number of amides is 16. The van der Waals surface area contributed by atoms with Crippen molar-refractivity contribution in [3.63, 3.8) is 0 Å². The molecule has 814 valence electrons. The number of hydrogen-bond donors (Lipinski definition) is 9. The molecule has 16 amide bonds. The van der Waals surface area contributed by atoms with Gasteiger partial charge in [-0.15, -0.1) is 0 Å². The van der Waals surface area contributed by atoms with Gasteiger partial charge in [0, 0.05) is 206 Å². The predicted octanol–water partition coefficient (Wildman–Crippen LogP) is 12.1. The zero-order chi connectivity index (χ0) is 108. The van der Waals surface area contributed by atoms with Gasteiger partial charge in [0.05, 0.1) is 48.7 Å². The molecular weight excluding hydrogens is 1870 g/mol. The Kier molecular flexibility index (Phi) is 39.9. The maximum atomic E-state index is 12.2. The molecule has 0 aromatic carbocycles. The van der Waals surface area contributed by atoms with Crippen molar-refractivity contribution in [3.8, 4) is 0 Å². The Morgan fingerprint density at radius 1 is 0.293 bits per heavy atom. The van der Waals surface area contributed by atoms with Crippen molar-refractivity contribution < 1.29 is 76.7 Å².